The Morgan fingerprint density at radius 3 is 2.31 bits per heavy atom. The van der Waals surface area contributed by atoms with E-state index in [4.69, 9.17) is 9.41 Å². The summed E-state index contributed by atoms with van der Waals surface area (Å²) in [6.45, 7) is 17.2. The van der Waals surface area contributed by atoms with Gasteiger partial charge >= 0.3 is 0 Å². The van der Waals surface area contributed by atoms with Crippen molar-refractivity contribution < 1.29 is 9.21 Å². The second-order valence-electron chi connectivity index (χ2n) is 18.0. The number of piperidine rings is 1. The maximum Gasteiger partial charge on any atom is 0.254 e. The number of carbonyl (C=O) groups is 1. The number of rotatable bonds is 8. The molecule has 4 aromatic heterocycles. The van der Waals surface area contributed by atoms with Crippen LogP contribution in [-0.2, 0) is 12.8 Å². The van der Waals surface area contributed by atoms with Crippen molar-refractivity contribution in [3.63, 3.8) is 0 Å². The fourth-order valence-electron chi connectivity index (χ4n) is 10.6. The van der Waals surface area contributed by atoms with Gasteiger partial charge in [-0.25, -0.2) is 15.0 Å². The summed E-state index contributed by atoms with van der Waals surface area (Å²) in [5.41, 5.74) is 7.02. The Morgan fingerprint density at radius 2 is 1.65 bits per heavy atom. The van der Waals surface area contributed by atoms with E-state index in [0.29, 0.717) is 29.2 Å². The average Bonchev–Trinajstić information content (AvgIpc) is 3.85. The molecule has 0 bridgehead atoms. The summed E-state index contributed by atoms with van der Waals surface area (Å²) in [4.78, 5) is 35.7. The summed E-state index contributed by atoms with van der Waals surface area (Å²) in [7, 11) is 0. The van der Waals surface area contributed by atoms with E-state index < -0.39 is 0 Å². The molecule has 12 heteroatoms. The molecule has 2 aliphatic carbocycles. The SMILES string of the molecule is Cc1sc2c(c1C)C(c1ccc(CC3CC4(CCN(c5ncc(C(=O)NC6C(C)(C)CC6(C)C)cn5)CC4)C3)cc1)=NC(Cc1ncco1)c1nnc(C)n1-2. The minimum atomic E-state index is -0.277. The molecule has 1 atom stereocenters. The molecule has 286 valence electrons. The van der Waals surface area contributed by atoms with Gasteiger partial charge in [0.15, 0.2) is 11.7 Å². The fourth-order valence-corrected chi connectivity index (χ4v) is 11.8. The van der Waals surface area contributed by atoms with Gasteiger partial charge in [0.05, 0.1) is 23.9 Å². The maximum atomic E-state index is 13.0. The molecule has 5 aromatic rings. The van der Waals surface area contributed by atoms with E-state index in [0.717, 1.165) is 78.2 Å². The quantitative estimate of drug-likeness (QED) is 0.169. The highest BCUT2D eigenvalue weighted by atomic mass is 32.1. The molecular formula is C43H51N9O2S. The number of oxazole rings is 1. The van der Waals surface area contributed by atoms with Crippen molar-refractivity contribution in [2.45, 2.75) is 105 Å². The Balaban J connectivity index is 0.833. The van der Waals surface area contributed by atoms with Gasteiger partial charge in [-0.2, -0.15) is 0 Å². The highest BCUT2D eigenvalue weighted by Gasteiger charge is 2.53. The molecule has 2 saturated carbocycles. The Labute approximate surface area is 327 Å². The van der Waals surface area contributed by atoms with Crippen molar-refractivity contribution in [1.29, 1.82) is 0 Å². The summed E-state index contributed by atoms with van der Waals surface area (Å²) >= 11 is 1.78. The summed E-state index contributed by atoms with van der Waals surface area (Å²) in [6, 6.07) is 8.97. The smallest absolute Gasteiger partial charge is 0.254 e. The van der Waals surface area contributed by atoms with Crippen molar-refractivity contribution in [2.75, 3.05) is 18.0 Å². The van der Waals surface area contributed by atoms with Crippen LogP contribution in [0.4, 0.5) is 5.95 Å². The predicted molar refractivity (Wildman–Crippen MR) is 214 cm³/mol. The van der Waals surface area contributed by atoms with E-state index in [1.54, 1.807) is 36.2 Å². The minimum absolute atomic E-state index is 0.0844. The van der Waals surface area contributed by atoms with Crippen LogP contribution in [0.5, 0.6) is 0 Å². The van der Waals surface area contributed by atoms with E-state index in [9.17, 15) is 4.79 Å². The van der Waals surface area contributed by atoms with Gasteiger partial charge in [-0.15, -0.1) is 21.5 Å². The first-order chi connectivity index (χ1) is 26.3. The normalized spacial score (nSPS) is 21.3. The summed E-state index contributed by atoms with van der Waals surface area (Å²) in [6.07, 6.45) is 14.2. The topological polar surface area (TPSA) is 127 Å². The third-order valence-corrected chi connectivity index (χ3v) is 14.2. The summed E-state index contributed by atoms with van der Waals surface area (Å²) in [5.74, 6) is 3.64. The molecule has 6 heterocycles. The van der Waals surface area contributed by atoms with Crippen LogP contribution in [-0.4, -0.2) is 60.5 Å². The lowest BCUT2D eigenvalue weighted by atomic mass is 9.52. The number of nitrogens with one attached hydrogen (secondary N) is 1. The molecule has 11 nitrogen and oxygen atoms in total. The lowest BCUT2D eigenvalue weighted by molar-refractivity contribution is -0.0366. The molecule has 3 fully saturated rings. The molecular weight excluding hydrogens is 707 g/mol. The number of thiophene rings is 1. The van der Waals surface area contributed by atoms with Gasteiger partial charge in [-0.3, -0.25) is 14.4 Å². The third-order valence-electron chi connectivity index (χ3n) is 13.0. The molecule has 1 saturated heterocycles. The Morgan fingerprint density at radius 1 is 0.945 bits per heavy atom. The van der Waals surface area contributed by atoms with Gasteiger partial charge in [0, 0.05) is 47.5 Å². The molecule has 55 heavy (non-hydrogen) atoms. The zero-order valence-electron chi connectivity index (χ0n) is 33.0. The highest BCUT2D eigenvalue weighted by molar-refractivity contribution is 7.15. The van der Waals surface area contributed by atoms with Crippen LogP contribution in [0.2, 0.25) is 0 Å². The van der Waals surface area contributed by atoms with Crippen LogP contribution >= 0.6 is 11.3 Å². The summed E-state index contributed by atoms with van der Waals surface area (Å²) in [5, 5.41) is 13.4. The number of amides is 1. The molecule has 9 rings (SSSR count). The van der Waals surface area contributed by atoms with Crippen molar-refractivity contribution in [3.05, 3.63) is 99.4 Å². The third kappa shape index (κ3) is 6.39. The van der Waals surface area contributed by atoms with Crippen LogP contribution in [0, 0.1) is 42.9 Å². The number of nitrogens with zero attached hydrogens (tertiary/aromatic N) is 8. The van der Waals surface area contributed by atoms with Crippen LogP contribution in [0.1, 0.15) is 121 Å². The van der Waals surface area contributed by atoms with Crippen molar-refractivity contribution in [3.8, 4) is 5.00 Å². The van der Waals surface area contributed by atoms with Gasteiger partial charge < -0.3 is 14.6 Å². The Bertz CT molecular complexity index is 2240. The molecule has 1 amide bonds. The van der Waals surface area contributed by atoms with Crippen molar-refractivity contribution >= 4 is 28.9 Å². The Kier molecular flexibility index (Phi) is 8.63. The first-order valence-corrected chi connectivity index (χ1v) is 20.6. The Hall–Kier alpha value is -4.71. The standard InChI is InChI=1S/C43H51N9O2S/c1-25-26(2)55-38-34(25)35(47-32(19-33-44-14-17-54-33)36-50-49-27(3)52(36)38)30-10-8-28(9-11-30)18-29-20-43(21-29)12-15-51(16-13-43)40-45-22-31(23-46-40)37(53)48-39-41(4,5)24-42(39,6)7/h8-11,14,17,22-23,29,32,39H,12-13,15-16,18-21,24H2,1-7H3,(H,48,53). The molecule has 1 spiro atoms. The molecule has 2 aliphatic heterocycles. The number of anilines is 1. The van der Waals surface area contributed by atoms with Gasteiger partial charge in [0.1, 0.15) is 23.1 Å². The zero-order valence-corrected chi connectivity index (χ0v) is 33.8. The van der Waals surface area contributed by atoms with Gasteiger partial charge in [-0.05, 0) is 92.6 Å². The molecule has 1 aromatic carbocycles. The van der Waals surface area contributed by atoms with E-state index in [-0.39, 0.29) is 28.8 Å². The molecule has 1 unspecified atom stereocenters. The van der Waals surface area contributed by atoms with E-state index in [1.807, 2.05) is 6.92 Å². The first kappa shape index (κ1) is 36.0. The van der Waals surface area contributed by atoms with E-state index >= 15 is 0 Å². The van der Waals surface area contributed by atoms with Gasteiger partial charge in [0.2, 0.25) is 5.95 Å². The van der Waals surface area contributed by atoms with Crippen LogP contribution < -0.4 is 10.2 Å². The number of hydrogen-bond donors (Lipinski definition) is 1. The molecule has 0 radical (unpaired) electrons. The van der Waals surface area contributed by atoms with E-state index in [2.05, 4.69) is 106 Å². The van der Waals surface area contributed by atoms with Crippen molar-refractivity contribution in [2.24, 2.45) is 27.2 Å². The van der Waals surface area contributed by atoms with Gasteiger partial charge in [-0.1, -0.05) is 52.0 Å². The number of aryl methyl sites for hydroxylation is 2. The lowest BCUT2D eigenvalue weighted by Crippen LogP contribution is -2.63. The average molecular weight is 758 g/mol. The van der Waals surface area contributed by atoms with E-state index in [1.165, 1.54) is 28.8 Å². The van der Waals surface area contributed by atoms with Crippen LogP contribution in [0.25, 0.3) is 5.00 Å². The van der Waals surface area contributed by atoms with Crippen molar-refractivity contribution in [1.82, 2.24) is 35.0 Å². The molecule has 4 aliphatic rings. The molecule has 1 N–H and O–H groups in total. The largest absolute Gasteiger partial charge is 0.449 e. The lowest BCUT2D eigenvalue weighted by Gasteiger charge is -2.57. The summed E-state index contributed by atoms with van der Waals surface area (Å²) < 4.78 is 7.83. The van der Waals surface area contributed by atoms with Gasteiger partial charge in [0.25, 0.3) is 5.91 Å². The number of hydrogen-bond acceptors (Lipinski definition) is 10. The number of carbonyl (C=O) groups excluding carboxylic acids is 1. The monoisotopic (exact) mass is 757 g/mol. The van der Waals surface area contributed by atoms with Crippen LogP contribution in [0.3, 0.4) is 0 Å². The number of benzene rings is 1. The second-order valence-corrected chi connectivity index (χ2v) is 19.2. The number of fused-ring (bicyclic) bond motifs is 3. The predicted octanol–water partition coefficient (Wildman–Crippen LogP) is 7.96. The number of aromatic nitrogens is 6. The van der Waals surface area contributed by atoms with Crippen LogP contribution in [0.15, 0.2) is 58.5 Å². The fraction of sp³-hybridized carbons (Fsp3) is 0.512. The first-order valence-electron chi connectivity index (χ1n) is 19.8. The second kappa shape index (κ2) is 13.2. The minimum Gasteiger partial charge on any atom is -0.449 e. The highest BCUT2D eigenvalue weighted by Crippen LogP contribution is 2.54. The zero-order chi connectivity index (χ0) is 38.3. The maximum absolute atomic E-state index is 13.0. The number of aliphatic imine (C=N–C) groups is 1.